The lowest BCUT2D eigenvalue weighted by Crippen LogP contribution is -2.29. The number of rotatable bonds is 3. The Kier molecular flexibility index (Phi) is 3.50. The lowest BCUT2D eigenvalue weighted by Gasteiger charge is -2.18. The van der Waals surface area contributed by atoms with Crippen LogP contribution in [-0.4, -0.2) is 9.78 Å². The molecule has 0 aliphatic rings. The second-order valence-corrected chi connectivity index (χ2v) is 4.80. The maximum Gasteiger partial charge on any atom is 0.0745 e. The van der Waals surface area contributed by atoms with Gasteiger partial charge in [0.25, 0.3) is 0 Å². The van der Waals surface area contributed by atoms with Gasteiger partial charge in [-0.2, -0.15) is 5.10 Å². The van der Waals surface area contributed by atoms with E-state index in [0.29, 0.717) is 0 Å². The fraction of sp³-hybridized carbons (Fsp3) is 0.357. The zero-order valence-corrected chi connectivity index (χ0v) is 11.4. The molecule has 0 saturated heterocycles. The second-order valence-electron chi connectivity index (χ2n) is 4.80. The molecule has 18 heavy (non-hydrogen) atoms. The van der Waals surface area contributed by atoms with E-state index in [-0.39, 0.29) is 6.04 Å². The van der Waals surface area contributed by atoms with E-state index in [4.69, 9.17) is 5.84 Å². The van der Waals surface area contributed by atoms with Crippen LogP contribution in [0.3, 0.4) is 0 Å². The van der Waals surface area contributed by atoms with Gasteiger partial charge in [0.1, 0.15) is 0 Å². The topological polar surface area (TPSA) is 55.9 Å². The highest BCUT2D eigenvalue weighted by Gasteiger charge is 2.18. The van der Waals surface area contributed by atoms with Gasteiger partial charge in [-0.1, -0.05) is 23.8 Å². The van der Waals surface area contributed by atoms with Crippen LogP contribution in [0.15, 0.2) is 24.4 Å². The van der Waals surface area contributed by atoms with Gasteiger partial charge < -0.3 is 0 Å². The molecule has 1 atom stereocenters. The summed E-state index contributed by atoms with van der Waals surface area (Å²) < 4.78 is 1.82. The van der Waals surface area contributed by atoms with Crippen molar-refractivity contribution < 1.29 is 0 Å². The lowest BCUT2D eigenvalue weighted by molar-refractivity contribution is 0.630. The zero-order valence-electron chi connectivity index (χ0n) is 11.4. The van der Waals surface area contributed by atoms with Crippen LogP contribution < -0.4 is 11.3 Å². The average molecular weight is 244 g/mol. The molecule has 2 aromatic rings. The summed E-state index contributed by atoms with van der Waals surface area (Å²) in [6.07, 6.45) is 2.01. The molecule has 0 fully saturated rings. The van der Waals surface area contributed by atoms with E-state index in [2.05, 4.69) is 42.6 Å². The smallest absolute Gasteiger partial charge is 0.0745 e. The molecule has 0 radical (unpaired) electrons. The molecule has 0 aliphatic carbocycles. The van der Waals surface area contributed by atoms with E-state index in [9.17, 15) is 0 Å². The van der Waals surface area contributed by atoms with Gasteiger partial charge in [-0.15, -0.1) is 0 Å². The number of nitrogens with two attached hydrogens (primary N) is 1. The molecule has 0 spiro atoms. The largest absolute Gasteiger partial charge is 0.275 e. The Morgan fingerprint density at radius 3 is 2.44 bits per heavy atom. The summed E-state index contributed by atoms with van der Waals surface area (Å²) in [7, 11) is 1.92. The second kappa shape index (κ2) is 4.92. The molecule has 2 rings (SSSR count). The van der Waals surface area contributed by atoms with Crippen LogP contribution >= 0.6 is 0 Å². The number of hydrazine groups is 1. The van der Waals surface area contributed by atoms with Gasteiger partial charge in [0.2, 0.25) is 0 Å². The molecule has 3 N–H and O–H groups in total. The van der Waals surface area contributed by atoms with Crippen molar-refractivity contribution in [1.29, 1.82) is 0 Å². The van der Waals surface area contributed by atoms with E-state index in [1.807, 2.05) is 24.9 Å². The van der Waals surface area contributed by atoms with E-state index in [1.165, 1.54) is 16.7 Å². The number of benzene rings is 1. The monoisotopic (exact) mass is 244 g/mol. The van der Waals surface area contributed by atoms with Gasteiger partial charge in [0.15, 0.2) is 0 Å². The van der Waals surface area contributed by atoms with Crippen molar-refractivity contribution in [2.45, 2.75) is 26.8 Å². The summed E-state index contributed by atoms with van der Waals surface area (Å²) in [5.41, 5.74) is 8.70. The average Bonchev–Trinajstić information content (AvgIpc) is 2.62. The molecule has 4 nitrogen and oxygen atoms in total. The molecule has 0 aliphatic heterocycles. The van der Waals surface area contributed by atoms with Crippen LogP contribution in [0.25, 0.3) is 0 Å². The summed E-state index contributed by atoms with van der Waals surface area (Å²) >= 11 is 0. The van der Waals surface area contributed by atoms with Crippen LogP contribution in [-0.2, 0) is 7.05 Å². The molecular formula is C14H20N4. The molecule has 1 aromatic carbocycles. The molecule has 0 bridgehead atoms. The Balaban J connectivity index is 2.48. The zero-order chi connectivity index (χ0) is 13.3. The molecule has 0 amide bonds. The third kappa shape index (κ3) is 2.30. The number of nitrogens with one attached hydrogen (secondary N) is 1. The fourth-order valence-corrected chi connectivity index (χ4v) is 2.40. The minimum atomic E-state index is -0.0145. The summed E-state index contributed by atoms with van der Waals surface area (Å²) in [6.45, 7) is 6.21. The fourth-order valence-electron chi connectivity index (χ4n) is 2.40. The first kappa shape index (κ1) is 12.8. The van der Waals surface area contributed by atoms with Crippen molar-refractivity contribution in [1.82, 2.24) is 15.2 Å². The highest BCUT2D eigenvalue weighted by atomic mass is 15.3. The predicted molar refractivity (Wildman–Crippen MR) is 73.0 cm³/mol. The van der Waals surface area contributed by atoms with Crippen molar-refractivity contribution in [3.63, 3.8) is 0 Å². The number of aromatic nitrogens is 2. The number of aryl methyl sites for hydroxylation is 4. The van der Waals surface area contributed by atoms with Gasteiger partial charge in [-0.3, -0.25) is 10.5 Å². The maximum atomic E-state index is 5.73. The first-order valence-electron chi connectivity index (χ1n) is 6.06. The van der Waals surface area contributed by atoms with E-state index in [0.717, 1.165) is 11.3 Å². The first-order chi connectivity index (χ1) is 8.52. The van der Waals surface area contributed by atoms with Crippen LogP contribution in [0.1, 0.15) is 34.0 Å². The molecule has 4 heteroatoms. The van der Waals surface area contributed by atoms with E-state index in [1.54, 1.807) is 0 Å². The van der Waals surface area contributed by atoms with Crippen LogP contribution in [0.2, 0.25) is 0 Å². The summed E-state index contributed by atoms with van der Waals surface area (Å²) in [5.74, 6) is 5.73. The predicted octanol–water partition coefficient (Wildman–Crippen LogP) is 1.90. The molecular weight excluding hydrogens is 224 g/mol. The molecule has 0 saturated carbocycles. The molecule has 1 unspecified atom stereocenters. The third-order valence-corrected chi connectivity index (χ3v) is 3.27. The normalized spacial score (nSPS) is 12.7. The molecule has 96 valence electrons. The minimum Gasteiger partial charge on any atom is -0.275 e. The summed E-state index contributed by atoms with van der Waals surface area (Å²) in [4.78, 5) is 0. The molecule has 1 aromatic heterocycles. The Morgan fingerprint density at radius 2 is 1.94 bits per heavy atom. The minimum absolute atomic E-state index is 0.0145. The molecule has 1 heterocycles. The Labute approximate surface area is 108 Å². The van der Waals surface area contributed by atoms with Gasteiger partial charge in [-0.05, 0) is 31.9 Å². The SMILES string of the molecule is Cc1ccc(C(NN)c2cn(C)nc2C)c(C)c1. The highest BCUT2D eigenvalue weighted by molar-refractivity contribution is 5.39. The number of hydrogen-bond acceptors (Lipinski definition) is 3. The van der Waals surface area contributed by atoms with E-state index < -0.39 is 0 Å². The summed E-state index contributed by atoms with van der Waals surface area (Å²) in [5, 5.41) is 4.37. The van der Waals surface area contributed by atoms with Gasteiger partial charge >= 0.3 is 0 Å². The van der Waals surface area contributed by atoms with E-state index >= 15 is 0 Å². The number of hydrogen-bond donors (Lipinski definition) is 2. The van der Waals surface area contributed by atoms with Crippen molar-refractivity contribution >= 4 is 0 Å². The Bertz CT molecular complexity index is 557. The quantitative estimate of drug-likeness (QED) is 0.640. The third-order valence-electron chi connectivity index (χ3n) is 3.27. The summed E-state index contributed by atoms with van der Waals surface area (Å²) in [6, 6.07) is 6.39. The lowest BCUT2D eigenvalue weighted by atomic mass is 9.95. The number of nitrogens with zero attached hydrogens (tertiary/aromatic N) is 2. The van der Waals surface area contributed by atoms with Crippen molar-refractivity contribution in [2.24, 2.45) is 12.9 Å². The standard InChI is InChI=1S/C14H20N4/c1-9-5-6-12(10(2)7-9)14(16-15)13-8-18(4)17-11(13)3/h5-8,14,16H,15H2,1-4H3. The highest BCUT2D eigenvalue weighted by Crippen LogP contribution is 2.26. The van der Waals surface area contributed by atoms with Gasteiger partial charge in [0, 0.05) is 18.8 Å². The van der Waals surface area contributed by atoms with Crippen LogP contribution in [0, 0.1) is 20.8 Å². The Hall–Kier alpha value is -1.65. The van der Waals surface area contributed by atoms with Gasteiger partial charge in [-0.25, -0.2) is 5.43 Å². The Morgan fingerprint density at radius 1 is 1.22 bits per heavy atom. The maximum absolute atomic E-state index is 5.73. The van der Waals surface area contributed by atoms with Crippen molar-refractivity contribution in [2.75, 3.05) is 0 Å². The van der Waals surface area contributed by atoms with Crippen LogP contribution in [0.5, 0.6) is 0 Å². The first-order valence-corrected chi connectivity index (χ1v) is 6.06. The van der Waals surface area contributed by atoms with Crippen molar-refractivity contribution in [3.05, 3.63) is 52.3 Å². The van der Waals surface area contributed by atoms with Crippen molar-refractivity contribution in [3.8, 4) is 0 Å². The van der Waals surface area contributed by atoms with Crippen LogP contribution in [0.4, 0.5) is 0 Å². The van der Waals surface area contributed by atoms with Gasteiger partial charge in [0.05, 0.1) is 11.7 Å².